The summed E-state index contributed by atoms with van der Waals surface area (Å²) in [4.78, 5) is 11.2. The average molecular weight is 170 g/mol. The molecule has 0 aromatic rings. The largest absolute Gasteiger partial charge is 0.411 e. The molecule has 1 aliphatic carbocycles. The quantitative estimate of drug-likeness (QED) is 0.358. The van der Waals surface area contributed by atoms with E-state index in [0.717, 1.165) is 12.8 Å². The molecule has 0 amide bonds. The number of nitrogens with one attached hydrogen (secondary N) is 1. The van der Waals surface area contributed by atoms with E-state index in [-0.39, 0.29) is 11.7 Å². The predicted molar refractivity (Wildman–Crippen MR) is 45.5 cm³/mol. The zero-order valence-corrected chi connectivity index (χ0v) is 7.16. The first kappa shape index (κ1) is 9.19. The molecule has 0 bridgehead atoms. The van der Waals surface area contributed by atoms with Gasteiger partial charge in [-0.1, -0.05) is 0 Å². The third kappa shape index (κ3) is 2.04. The Morgan fingerprint density at radius 2 is 2.50 bits per heavy atom. The van der Waals surface area contributed by atoms with Crippen molar-refractivity contribution in [2.75, 3.05) is 7.05 Å². The molecular weight excluding hydrogens is 156 g/mol. The summed E-state index contributed by atoms with van der Waals surface area (Å²) < 4.78 is 0. The van der Waals surface area contributed by atoms with Crippen LogP contribution < -0.4 is 5.32 Å². The molecule has 1 aliphatic rings. The van der Waals surface area contributed by atoms with Crippen LogP contribution in [0.3, 0.4) is 0 Å². The summed E-state index contributed by atoms with van der Waals surface area (Å²) in [5.41, 5.74) is 0. The summed E-state index contributed by atoms with van der Waals surface area (Å²) in [6.45, 7) is 0. The Bertz CT molecular complexity index is 191. The first-order chi connectivity index (χ1) is 5.77. The van der Waals surface area contributed by atoms with Crippen molar-refractivity contribution in [3.8, 4) is 0 Å². The van der Waals surface area contributed by atoms with E-state index in [1.807, 2.05) is 7.05 Å². The average Bonchev–Trinajstić information content (AvgIpc) is 2.09. The van der Waals surface area contributed by atoms with Crippen LogP contribution in [0.5, 0.6) is 0 Å². The number of Topliss-reactive ketones (excluding diaryl/α,β-unsaturated/α-hetero) is 1. The minimum Gasteiger partial charge on any atom is -0.411 e. The molecule has 0 saturated heterocycles. The van der Waals surface area contributed by atoms with Crippen LogP contribution in [0.25, 0.3) is 0 Å². The van der Waals surface area contributed by atoms with Gasteiger partial charge in [0.25, 0.3) is 0 Å². The third-order valence-electron chi connectivity index (χ3n) is 2.35. The molecule has 1 rings (SSSR count). The maximum Gasteiger partial charge on any atom is 0.141 e. The van der Waals surface area contributed by atoms with E-state index in [2.05, 4.69) is 10.5 Å². The fraction of sp³-hybridized carbons (Fsp3) is 0.750. The van der Waals surface area contributed by atoms with Crippen LogP contribution >= 0.6 is 0 Å². The second kappa shape index (κ2) is 4.21. The maximum atomic E-state index is 11.2. The van der Waals surface area contributed by atoms with Gasteiger partial charge < -0.3 is 10.5 Å². The van der Waals surface area contributed by atoms with E-state index in [9.17, 15) is 4.79 Å². The van der Waals surface area contributed by atoms with E-state index < -0.39 is 0 Å². The van der Waals surface area contributed by atoms with Gasteiger partial charge in [0.1, 0.15) is 5.78 Å². The van der Waals surface area contributed by atoms with Gasteiger partial charge in [-0.25, -0.2) is 0 Å². The van der Waals surface area contributed by atoms with E-state index in [0.29, 0.717) is 12.5 Å². The molecule has 4 heteroatoms. The topological polar surface area (TPSA) is 61.7 Å². The summed E-state index contributed by atoms with van der Waals surface area (Å²) in [5.74, 6) is -0.0134. The lowest BCUT2D eigenvalue weighted by Crippen LogP contribution is -2.36. The molecular formula is C8H14N2O2. The zero-order chi connectivity index (χ0) is 8.97. The van der Waals surface area contributed by atoms with Crippen LogP contribution in [0, 0.1) is 5.92 Å². The molecule has 2 unspecified atom stereocenters. The van der Waals surface area contributed by atoms with Gasteiger partial charge in [0.05, 0.1) is 12.1 Å². The summed E-state index contributed by atoms with van der Waals surface area (Å²) >= 11 is 0. The summed E-state index contributed by atoms with van der Waals surface area (Å²) in [7, 11) is 1.88. The molecule has 4 nitrogen and oxygen atoms in total. The van der Waals surface area contributed by atoms with Gasteiger partial charge in [0, 0.05) is 12.5 Å². The Balaban J connectivity index is 2.52. The number of carbonyl (C=O) groups excluding carboxylic acids is 1. The molecule has 68 valence electrons. The highest BCUT2D eigenvalue weighted by molar-refractivity contribution is 5.95. The second-order valence-electron chi connectivity index (χ2n) is 3.10. The van der Waals surface area contributed by atoms with Crippen molar-refractivity contribution in [2.24, 2.45) is 11.1 Å². The van der Waals surface area contributed by atoms with Crippen molar-refractivity contribution in [1.29, 1.82) is 0 Å². The molecule has 0 spiro atoms. The number of nitrogens with zero attached hydrogens (tertiary/aromatic N) is 1. The minimum atomic E-state index is -0.193. The van der Waals surface area contributed by atoms with Gasteiger partial charge in [-0.15, -0.1) is 5.16 Å². The van der Waals surface area contributed by atoms with Gasteiger partial charge in [0.15, 0.2) is 0 Å². The Hall–Kier alpha value is -0.900. The third-order valence-corrected chi connectivity index (χ3v) is 2.35. The highest BCUT2D eigenvalue weighted by Gasteiger charge is 2.26. The first-order valence-corrected chi connectivity index (χ1v) is 4.15. The Morgan fingerprint density at radius 1 is 1.75 bits per heavy atom. The van der Waals surface area contributed by atoms with Crippen molar-refractivity contribution in [1.82, 2.24) is 5.32 Å². The Kier molecular flexibility index (Phi) is 3.22. The number of hydrogen-bond acceptors (Lipinski definition) is 4. The van der Waals surface area contributed by atoms with Crippen molar-refractivity contribution < 1.29 is 10.0 Å². The standard InChI is InChI=1S/C8H14N2O2/c1-9-7-2-3-8(11)6(4-7)5-10-12/h5-7,9,12H,2-4H2,1H3/b10-5+. The highest BCUT2D eigenvalue weighted by Crippen LogP contribution is 2.19. The van der Waals surface area contributed by atoms with Crippen molar-refractivity contribution in [3.05, 3.63) is 0 Å². The SMILES string of the molecule is CNC1CCC(=O)C(/C=N/O)C1. The lowest BCUT2D eigenvalue weighted by molar-refractivity contribution is -0.122. The number of hydrogen-bond donors (Lipinski definition) is 2. The van der Waals surface area contributed by atoms with Crippen LogP contribution in [0.4, 0.5) is 0 Å². The number of oxime groups is 1. The van der Waals surface area contributed by atoms with Crippen molar-refractivity contribution in [2.45, 2.75) is 25.3 Å². The lowest BCUT2D eigenvalue weighted by atomic mass is 9.85. The zero-order valence-electron chi connectivity index (χ0n) is 7.16. The lowest BCUT2D eigenvalue weighted by Gasteiger charge is -2.24. The van der Waals surface area contributed by atoms with Crippen LogP contribution in [-0.2, 0) is 4.79 Å². The van der Waals surface area contributed by atoms with Crippen LogP contribution in [0.2, 0.25) is 0 Å². The molecule has 1 saturated carbocycles. The van der Waals surface area contributed by atoms with E-state index in [1.165, 1.54) is 6.21 Å². The van der Waals surface area contributed by atoms with E-state index in [1.54, 1.807) is 0 Å². The monoisotopic (exact) mass is 170 g/mol. The normalized spacial score (nSPS) is 31.2. The fourth-order valence-electron chi connectivity index (χ4n) is 1.54. The van der Waals surface area contributed by atoms with E-state index >= 15 is 0 Å². The fourth-order valence-corrected chi connectivity index (χ4v) is 1.54. The molecule has 0 radical (unpaired) electrons. The van der Waals surface area contributed by atoms with Gasteiger partial charge in [-0.05, 0) is 19.9 Å². The molecule has 0 aromatic heterocycles. The second-order valence-corrected chi connectivity index (χ2v) is 3.10. The van der Waals surface area contributed by atoms with Gasteiger partial charge in [-0.3, -0.25) is 4.79 Å². The molecule has 0 aliphatic heterocycles. The predicted octanol–water partition coefficient (Wildman–Crippen LogP) is 0.404. The van der Waals surface area contributed by atoms with Gasteiger partial charge in [-0.2, -0.15) is 0 Å². The summed E-state index contributed by atoms with van der Waals surface area (Å²) in [6.07, 6.45) is 3.55. The molecule has 12 heavy (non-hydrogen) atoms. The number of carbonyl (C=O) groups is 1. The van der Waals surface area contributed by atoms with Crippen LogP contribution in [-0.4, -0.2) is 30.3 Å². The molecule has 0 heterocycles. The van der Waals surface area contributed by atoms with Crippen molar-refractivity contribution in [3.63, 3.8) is 0 Å². The maximum absolute atomic E-state index is 11.2. The van der Waals surface area contributed by atoms with Crippen LogP contribution in [0.1, 0.15) is 19.3 Å². The van der Waals surface area contributed by atoms with Gasteiger partial charge in [0.2, 0.25) is 0 Å². The molecule has 2 atom stereocenters. The molecule has 1 fully saturated rings. The molecule has 2 N–H and O–H groups in total. The minimum absolute atomic E-state index is 0.180. The smallest absolute Gasteiger partial charge is 0.141 e. The summed E-state index contributed by atoms with van der Waals surface area (Å²) in [6, 6.07) is 0.380. The van der Waals surface area contributed by atoms with E-state index in [4.69, 9.17) is 5.21 Å². The Morgan fingerprint density at radius 3 is 3.08 bits per heavy atom. The highest BCUT2D eigenvalue weighted by atomic mass is 16.4. The number of ketones is 1. The van der Waals surface area contributed by atoms with Crippen molar-refractivity contribution >= 4 is 12.0 Å². The Labute approximate surface area is 71.6 Å². The molecule has 0 aromatic carbocycles. The first-order valence-electron chi connectivity index (χ1n) is 4.15. The summed E-state index contributed by atoms with van der Waals surface area (Å²) in [5, 5.41) is 14.3. The number of rotatable bonds is 2. The van der Waals surface area contributed by atoms with Crippen LogP contribution in [0.15, 0.2) is 5.16 Å². The van der Waals surface area contributed by atoms with Gasteiger partial charge >= 0.3 is 0 Å².